The van der Waals surface area contributed by atoms with Crippen LogP contribution in [0.3, 0.4) is 0 Å². The number of allylic oxidation sites excluding steroid dienone is 1. The van der Waals surface area contributed by atoms with E-state index in [1.165, 1.54) is 16.9 Å². The number of nitrogens with zero attached hydrogens (tertiary/aromatic N) is 2. The predicted molar refractivity (Wildman–Crippen MR) is 168 cm³/mol. The molecule has 1 aliphatic carbocycles. The summed E-state index contributed by atoms with van der Waals surface area (Å²) < 4.78 is 14.4. The van der Waals surface area contributed by atoms with Crippen molar-refractivity contribution in [2.75, 3.05) is 7.11 Å². The third kappa shape index (κ3) is 4.67. The number of benzene rings is 4. The largest absolute Gasteiger partial charge is 0.496 e. The van der Waals surface area contributed by atoms with Crippen LogP contribution in [0, 0.1) is 0 Å². The zero-order valence-electron chi connectivity index (χ0n) is 22.9. The molecule has 1 aliphatic heterocycles. The van der Waals surface area contributed by atoms with Gasteiger partial charge in [0.05, 0.1) is 23.4 Å². The van der Waals surface area contributed by atoms with Crippen molar-refractivity contribution < 1.29 is 9.47 Å². The molecule has 0 radical (unpaired) electrons. The van der Waals surface area contributed by atoms with Crippen LogP contribution in [0.15, 0.2) is 112 Å². The van der Waals surface area contributed by atoms with Crippen molar-refractivity contribution in [3.05, 3.63) is 155 Å². The van der Waals surface area contributed by atoms with Crippen molar-refractivity contribution in [3.63, 3.8) is 0 Å². The molecule has 42 heavy (non-hydrogen) atoms. The third-order valence-electron chi connectivity index (χ3n) is 7.85. The van der Waals surface area contributed by atoms with Gasteiger partial charge in [-0.2, -0.15) is 0 Å². The van der Waals surface area contributed by atoms with Gasteiger partial charge in [0, 0.05) is 27.3 Å². The fraction of sp³-hybridized carbons (Fsp3) is 0.143. The van der Waals surface area contributed by atoms with Crippen LogP contribution in [0.25, 0.3) is 11.8 Å². The lowest BCUT2D eigenvalue weighted by molar-refractivity contribution is 0.305. The molecule has 2 heterocycles. The zero-order chi connectivity index (χ0) is 28.6. The van der Waals surface area contributed by atoms with E-state index >= 15 is 0 Å². The highest BCUT2D eigenvalue weighted by atomic mass is 35.5. The first-order valence-electron chi connectivity index (χ1n) is 13.8. The van der Waals surface area contributed by atoms with Crippen LogP contribution in [-0.4, -0.2) is 11.7 Å². The number of methoxy groups -OCH3 is 1. The maximum atomic E-state index is 14.2. The molecule has 0 unspecified atom stereocenters. The molecule has 0 saturated carbocycles. The number of hydrogen-bond donors (Lipinski definition) is 0. The number of halogens is 1. The Balaban J connectivity index is 1.38. The first kappa shape index (κ1) is 26.5. The molecule has 0 amide bonds. The highest BCUT2D eigenvalue weighted by Gasteiger charge is 2.34. The number of fused-ring (bicyclic) bond motifs is 3. The Morgan fingerprint density at radius 1 is 0.929 bits per heavy atom. The van der Waals surface area contributed by atoms with Crippen LogP contribution >= 0.6 is 22.9 Å². The fourth-order valence-corrected chi connectivity index (χ4v) is 7.02. The second-order valence-electron chi connectivity index (χ2n) is 10.3. The zero-order valence-corrected chi connectivity index (χ0v) is 24.5. The molecular weight excluding hydrogens is 564 g/mol. The maximum absolute atomic E-state index is 14.2. The molecule has 0 N–H and O–H groups in total. The third-order valence-corrected chi connectivity index (χ3v) is 9.20. The van der Waals surface area contributed by atoms with Crippen LogP contribution < -0.4 is 24.4 Å². The van der Waals surface area contributed by atoms with Gasteiger partial charge in [0.25, 0.3) is 5.56 Å². The van der Waals surface area contributed by atoms with Gasteiger partial charge in [0.15, 0.2) is 4.80 Å². The first-order valence-corrected chi connectivity index (χ1v) is 15.0. The molecule has 5 aromatic rings. The summed E-state index contributed by atoms with van der Waals surface area (Å²) in [6, 6.07) is 31.4. The number of aromatic nitrogens is 1. The van der Waals surface area contributed by atoms with Gasteiger partial charge in [-0.05, 0) is 48.3 Å². The van der Waals surface area contributed by atoms with Crippen LogP contribution in [0.1, 0.15) is 40.3 Å². The molecule has 0 fully saturated rings. The van der Waals surface area contributed by atoms with Gasteiger partial charge in [-0.1, -0.05) is 102 Å². The van der Waals surface area contributed by atoms with Gasteiger partial charge < -0.3 is 9.47 Å². The summed E-state index contributed by atoms with van der Waals surface area (Å²) in [5.74, 6) is 1.43. The normalized spacial score (nSPS) is 15.9. The number of rotatable bonds is 6. The van der Waals surface area contributed by atoms with Crippen molar-refractivity contribution in [3.8, 4) is 11.5 Å². The summed E-state index contributed by atoms with van der Waals surface area (Å²) >= 11 is 7.76. The Labute approximate surface area is 252 Å². The Morgan fingerprint density at radius 2 is 1.67 bits per heavy atom. The average molecular weight is 591 g/mol. The fourth-order valence-electron chi connectivity index (χ4n) is 5.83. The molecule has 2 aliphatic rings. The van der Waals surface area contributed by atoms with Gasteiger partial charge in [-0.3, -0.25) is 9.36 Å². The molecule has 0 bridgehead atoms. The van der Waals surface area contributed by atoms with E-state index in [4.69, 9.17) is 26.1 Å². The predicted octanol–water partition coefficient (Wildman–Crippen LogP) is 6.56. The summed E-state index contributed by atoms with van der Waals surface area (Å²) in [4.78, 5) is 20.0. The standard InChI is InChI=1S/C35H27ClN2O3S/c1-40-30-17-9-6-14-26(30)33-27-19-18-22-10-2-5-13-25(22)32(27)37-35-38(33)34(39)31(42-35)20-23-11-4-8-16-29(23)41-21-24-12-3-7-15-28(24)36/h2-17,20,33H,18-19,21H2,1H3/b31-20-/t33-/m1/s1. The number of thiazole rings is 1. The summed E-state index contributed by atoms with van der Waals surface area (Å²) in [5.41, 5.74) is 7.11. The van der Waals surface area contributed by atoms with E-state index in [0.717, 1.165) is 52.1 Å². The molecule has 1 atom stereocenters. The van der Waals surface area contributed by atoms with Crippen molar-refractivity contribution in [1.29, 1.82) is 0 Å². The quantitative estimate of drug-likeness (QED) is 0.225. The number of ether oxygens (including phenoxy) is 2. The highest BCUT2D eigenvalue weighted by molar-refractivity contribution is 7.07. The van der Waals surface area contributed by atoms with Crippen LogP contribution in [0.2, 0.25) is 5.02 Å². The topological polar surface area (TPSA) is 52.8 Å². The van der Waals surface area contributed by atoms with E-state index in [1.54, 1.807) is 7.11 Å². The number of aryl methyl sites for hydroxylation is 1. The molecule has 7 heteroatoms. The van der Waals surface area contributed by atoms with E-state index in [-0.39, 0.29) is 11.6 Å². The minimum absolute atomic E-state index is 0.0824. The number of hydrogen-bond acceptors (Lipinski definition) is 5. The van der Waals surface area contributed by atoms with E-state index in [2.05, 4.69) is 30.3 Å². The SMILES string of the molecule is COc1ccccc1[C@@H]1C2=C(N=c3s/c(=C\c4ccccc4OCc4ccccc4Cl)c(=O)n31)c1ccccc1CC2. The van der Waals surface area contributed by atoms with E-state index < -0.39 is 0 Å². The van der Waals surface area contributed by atoms with Gasteiger partial charge >= 0.3 is 0 Å². The van der Waals surface area contributed by atoms with Gasteiger partial charge in [-0.15, -0.1) is 0 Å². The molecule has 7 rings (SSSR count). The Kier molecular flexibility index (Phi) is 7.02. The molecular formula is C35H27ClN2O3S. The number of para-hydroxylation sites is 2. The molecule has 208 valence electrons. The average Bonchev–Trinajstić information content (AvgIpc) is 3.34. The molecule has 5 nitrogen and oxygen atoms in total. The van der Waals surface area contributed by atoms with Gasteiger partial charge in [0.1, 0.15) is 18.1 Å². The van der Waals surface area contributed by atoms with Gasteiger partial charge in [-0.25, -0.2) is 4.99 Å². The monoisotopic (exact) mass is 590 g/mol. The van der Waals surface area contributed by atoms with Crippen molar-refractivity contribution >= 4 is 34.7 Å². The summed E-state index contributed by atoms with van der Waals surface area (Å²) in [5, 5.41) is 0.658. The summed E-state index contributed by atoms with van der Waals surface area (Å²) in [6.45, 7) is 0.325. The van der Waals surface area contributed by atoms with Crippen molar-refractivity contribution in [2.24, 2.45) is 4.99 Å². The Hall–Kier alpha value is -4.39. The molecule has 4 aromatic carbocycles. The second kappa shape index (κ2) is 11.1. The van der Waals surface area contributed by atoms with E-state index in [0.29, 0.717) is 26.7 Å². The summed E-state index contributed by atoms with van der Waals surface area (Å²) in [6.07, 6.45) is 3.62. The molecule has 1 aromatic heterocycles. The lowest BCUT2D eigenvalue weighted by atomic mass is 9.83. The molecule has 0 saturated heterocycles. The van der Waals surface area contributed by atoms with Crippen LogP contribution in [0.4, 0.5) is 0 Å². The van der Waals surface area contributed by atoms with Gasteiger partial charge in [0.2, 0.25) is 0 Å². The van der Waals surface area contributed by atoms with E-state index in [9.17, 15) is 4.79 Å². The Bertz CT molecular complexity index is 2040. The smallest absolute Gasteiger partial charge is 0.271 e. The van der Waals surface area contributed by atoms with E-state index in [1.807, 2.05) is 77.4 Å². The first-order chi connectivity index (χ1) is 20.6. The highest BCUT2D eigenvalue weighted by Crippen LogP contribution is 2.43. The van der Waals surface area contributed by atoms with Crippen molar-refractivity contribution in [1.82, 2.24) is 4.57 Å². The van der Waals surface area contributed by atoms with Crippen molar-refractivity contribution in [2.45, 2.75) is 25.5 Å². The lowest BCUT2D eigenvalue weighted by Crippen LogP contribution is -2.39. The molecule has 0 spiro atoms. The maximum Gasteiger partial charge on any atom is 0.271 e. The van der Waals surface area contributed by atoms with Crippen LogP contribution in [-0.2, 0) is 13.0 Å². The lowest BCUT2D eigenvalue weighted by Gasteiger charge is -2.31. The minimum atomic E-state index is -0.311. The van der Waals surface area contributed by atoms with Crippen LogP contribution in [0.5, 0.6) is 11.5 Å². The Morgan fingerprint density at radius 3 is 2.52 bits per heavy atom. The second-order valence-corrected chi connectivity index (χ2v) is 11.7. The minimum Gasteiger partial charge on any atom is -0.496 e. The summed E-state index contributed by atoms with van der Waals surface area (Å²) in [7, 11) is 1.67.